The molecule has 2 saturated carbocycles. The molecular weight excluding hydrogens is 486 g/mol. The zero-order valence-electron chi connectivity index (χ0n) is 24.7. The molecule has 0 bridgehead atoms. The Kier molecular flexibility index (Phi) is 15.4. The van der Waals surface area contributed by atoms with Crippen LogP contribution >= 0.6 is 0 Å². The molecule has 1 saturated heterocycles. The third-order valence-corrected chi connectivity index (χ3v) is 7.17. The topological polar surface area (TPSA) is 142 Å². The zero-order chi connectivity index (χ0) is 28.9. The predicted octanol–water partition coefficient (Wildman–Crippen LogP) is 4.00. The molecule has 0 aromatic heterocycles. The van der Waals surface area contributed by atoms with E-state index in [0.29, 0.717) is 19.4 Å². The van der Waals surface area contributed by atoms with E-state index in [1.165, 1.54) is 19.3 Å². The van der Waals surface area contributed by atoms with Crippen LogP contribution in [-0.2, 0) is 19.1 Å². The molecule has 3 fully saturated rings. The van der Waals surface area contributed by atoms with Crippen LogP contribution in [0.1, 0.15) is 119 Å². The van der Waals surface area contributed by atoms with Gasteiger partial charge in [0.2, 0.25) is 5.91 Å². The van der Waals surface area contributed by atoms with E-state index in [2.05, 4.69) is 5.32 Å². The summed E-state index contributed by atoms with van der Waals surface area (Å²) >= 11 is 0. The number of rotatable bonds is 8. The highest BCUT2D eigenvalue weighted by Gasteiger charge is 2.48. The number of carboxylic acids is 1. The lowest BCUT2D eigenvalue weighted by molar-refractivity contribution is -0.152. The second kappa shape index (κ2) is 17.1. The van der Waals surface area contributed by atoms with Crippen molar-refractivity contribution < 1.29 is 29.3 Å². The number of aliphatic carboxylic acids is 1. The average molecular weight is 542 g/mol. The lowest BCUT2D eigenvalue weighted by Crippen LogP contribution is -2.55. The van der Waals surface area contributed by atoms with Gasteiger partial charge in [-0.2, -0.15) is 0 Å². The molecule has 38 heavy (non-hydrogen) atoms. The Hall–Kier alpha value is -1.71. The summed E-state index contributed by atoms with van der Waals surface area (Å²) < 4.78 is 5.09. The summed E-state index contributed by atoms with van der Waals surface area (Å²) in [5, 5.41) is 21.6. The van der Waals surface area contributed by atoms with Crippen LogP contribution in [-0.4, -0.2) is 75.4 Å². The van der Waals surface area contributed by atoms with Crippen LogP contribution in [0, 0.1) is 5.92 Å². The van der Waals surface area contributed by atoms with Gasteiger partial charge >= 0.3 is 11.9 Å². The molecule has 3 aliphatic rings. The van der Waals surface area contributed by atoms with Gasteiger partial charge in [0.15, 0.2) is 0 Å². The minimum Gasteiger partial charge on any atom is -0.480 e. The summed E-state index contributed by atoms with van der Waals surface area (Å²) in [6.45, 7) is 11.6. The molecule has 9 heteroatoms. The minimum atomic E-state index is -0.935. The maximum absolute atomic E-state index is 13.1. The molecule has 0 spiro atoms. The number of nitrogens with zero attached hydrogens (tertiary/aromatic N) is 1. The van der Waals surface area contributed by atoms with E-state index in [1.807, 2.05) is 27.7 Å². The highest BCUT2D eigenvalue weighted by atomic mass is 16.5. The molecule has 5 atom stereocenters. The molecular formula is C29H55N3O6. The van der Waals surface area contributed by atoms with Gasteiger partial charge in [0.25, 0.3) is 0 Å². The molecule has 0 aromatic rings. The standard InChI is InChI=1S/C19H32N2O5.C6H12O.C4H11N/c1-4-8-14(19(25)26-5-2)20-12(3)17(22)21-15-10-7-6-9-13(15)11-16(21)18(23)24;7-6-4-2-1-3-5-6;1-4(2,3)5/h12-16,20H,4-11H2,1-3H3,(H,23,24);6-7H,1-5H2;5H2,1-3H3/t12-,13-,14-,15-,16-;;/m0../s1. The largest absolute Gasteiger partial charge is 0.480 e. The number of ether oxygens (including phenoxy) is 1. The normalized spacial score (nSPS) is 25.1. The van der Waals surface area contributed by atoms with Crippen LogP contribution < -0.4 is 11.1 Å². The number of aliphatic hydroxyl groups excluding tert-OH is 1. The van der Waals surface area contributed by atoms with Gasteiger partial charge in [0.05, 0.1) is 18.8 Å². The first kappa shape index (κ1) is 34.3. The van der Waals surface area contributed by atoms with Crippen molar-refractivity contribution >= 4 is 17.8 Å². The Morgan fingerprint density at radius 2 is 1.58 bits per heavy atom. The van der Waals surface area contributed by atoms with E-state index < -0.39 is 24.1 Å². The maximum Gasteiger partial charge on any atom is 0.326 e. The fraction of sp³-hybridized carbons (Fsp3) is 0.897. The smallest absolute Gasteiger partial charge is 0.326 e. The van der Waals surface area contributed by atoms with Gasteiger partial charge in [-0.25, -0.2) is 4.79 Å². The Balaban J connectivity index is 0.000000493. The van der Waals surface area contributed by atoms with Crippen molar-refractivity contribution in [2.75, 3.05) is 6.61 Å². The molecule has 1 aliphatic heterocycles. The second-order valence-corrected chi connectivity index (χ2v) is 12.1. The molecule has 1 amide bonds. The third kappa shape index (κ3) is 12.4. The summed E-state index contributed by atoms with van der Waals surface area (Å²) in [7, 11) is 0. The van der Waals surface area contributed by atoms with Crippen molar-refractivity contribution in [2.24, 2.45) is 11.7 Å². The van der Waals surface area contributed by atoms with Crippen LogP contribution in [0.15, 0.2) is 0 Å². The minimum absolute atomic E-state index is 0. The maximum atomic E-state index is 13.1. The molecule has 0 unspecified atom stereocenters. The van der Waals surface area contributed by atoms with Crippen molar-refractivity contribution in [3.63, 3.8) is 0 Å². The molecule has 9 nitrogen and oxygen atoms in total. The number of nitrogens with two attached hydrogens (primary N) is 1. The molecule has 0 aromatic carbocycles. The van der Waals surface area contributed by atoms with Crippen molar-refractivity contribution in [3.8, 4) is 0 Å². The van der Waals surface area contributed by atoms with Gasteiger partial charge in [-0.15, -0.1) is 0 Å². The van der Waals surface area contributed by atoms with Gasteiger partial charge in [-0.3, -0.25) is 14.9 Å². The number of esters is 1. The number of likely N-dealkylation sites (tertiary alicyclic amines) is 1. The van der Waals surface area contributed by atoms with Crippen molar-refractivity contribution in [1.82, 2.24) is 10.2 Å². The van der Waals surface area contributed by atoms with E-state index in [-0.39, 0.29) is 35.5 Å². The van der Waals surface area contributed by atoms with Gasteiger partial charge < -0.3 is 25.6 Å². The molecule has 5 N–H and O–H groups in total. The zero-order valence-corrected chi connectivity index (χ0v) is 24.7. The van der Waals surface area contributed by atoms with Crippen LogP contribution in [0.2, 0.25) is 0 Å². The highest BCUT2D eigenvalue weighted by molar-refractivity contribution is 5.88. The highest BCUT2D eigenvalue weighted by Crippen LogP contribution is 2.40. The van der Waals surface area contributed by atoms with Gasteiger partial charge in [-0.05, 0) is 79.1 Å². The Bertz CT molecular complexity index is 714. The van der Waals surface area contributed by atoms with Crippen LogP contribution in [0.3, 0.4) is 0 Å². The number of aliphatic hydroxyl groups is 1. The number of carbonyl (C=O) groups is 3. The van der Waals surface area contributed by atoms with Gasteiger partial charge in [-0.1, -0.05) is 45.4 Å². The number of hydrogen-bond donors (Lipinski definition) is 4. The fourth-order valence-corrected chi connectivity index (χ4v) is 5.48. The number of carbonyl (C=O) groups excluding carboxylic acids is 2. The first-order valence-electron chi connectivity index (χ1n) is 14.7. The van der Waals surface area contributed by atoms with Gasteiger partial charge in [0, 0.05) is 11.6 Å². The van der Waals surface area contributed by atoms with E-state index in [9.17, 15) is 19.5 Å². The van der Waals surface area contributed by atoms with Crippen LogP contribution in [0.4, 0.5) is 0 Å². The van der Waals surface area contributed by atoms with Crippen LogP contribution in [0.25, 0.3) is 0 Å². The third-order valence-electron chi connectivity index (χ3n) is 7.17. The SMILES string of the molecule is CC(C)(C)N.CCC[C@H](N[C@@H](C)C(=O)N1[C@H](C(=O)O)C[C@@H]2CCCC[C@@H]21)C(=O)OCC.OC1CCCCC1. The van der Waals surface area contributed by atoms with Crippen LogP contribution in [0.5, 0.6) is 0 Å². The summed E-state index contributed by atoms with van der Waals surface area (Å²) in [4.78, 5) is 38.5. The Labute approximate surface area is 230 Å². The monoisotopic (exact) mass is 541 g/mol. The van der Waals surface area contributed by atoms with Crippen molar-refractivity contribution in [2.45, 2.75) is 154 Å². The van der Waals surface area contributed by atoms with Crippen molar-refractivity contribution in [3.05, 3.63) is 0 Å². The molecule has 2 aliphatic carbocycles. The van der Waals surface area contributed by atoms with Crippen molar-refractivity contribution in [1.29, 1.82) is 0 Å². The quantitative estimate of drug-likeness (QED) is 0.338. The van der Waals surface area contributed by atoms with E-state index in [1.54, 1.807) is 18.7 Å². The fourth-order valence-electron chi connectivity index (χ4n) is 5.48. The van der Waals surface area contributed by atoms with Gasteiger partial charge in [0.1, 0.15) is 12.1 Å². The van der Waals surface area contributed by atoms with E-state index >= 15 is 0 Å². The Morgan fingerprint density at radius 3 is 2.05 bits per heavy atom. The summed E-state index contributed by atoms with van der Waals surface area (Å²) in [6.07, 6.45) is 11.8. The molecule has 3 rings (SSSR count). The molecule has 1 heterocycles. The lowest BCUT2D eigenvalue weighted by atomic mass is 9.84. The first-order chi connectivity index (χ1) is 17.8. The number of amides is 1. The second-order valence-electron chi connectivity index (χ2n) is 12.1. The number of carboxylic acid groups (broad SMARTS) is 1. The number of fused-ring (bicyclic) bond motifs is 1. The molecule has 0 radical (unpaired) electrons. The Morgan fingerprint density at radius 1 is 1.03 bits per heavy atom. The van der Waals surface area contributed by atoms with E-state index in [4.69, 9.17) is 15.6 Å². The summed E-state index contributed by atoms with van der Waals surface area (Å²) in [5.41, 5.74) is 5.35. The number of hydrogen-bond acceptors (Lipinski definition) is 7. The predicted molar refractivity (Wildman–Crippen MR) is 150 cm³/mol. The summed E-state index contributed by atoms with van der Waals surface area (Å²) in [5.74, 6) is -1.24. The summed E-state index contributed by atoms with van der Waals surface area (Å²) in [6, 6.07) is -1.92. The van der Waals surface area contributed by atoms with E-state index in [0.717, 1.165) is 44.9 Å². The number of nitrogens with one attached hydrogen (secondary N) is 1. The lowest BCUT2D eigenvalue weighted by Gasteiger charge is -2.35. The molecule has 222 valence electrons. The average Bonchev–Trinajstić information content (AvgIpc) is 3.23. The first-order valence-corrected chi connectivity index (χ1v) is 14.7.